The van der Waals surface area contributed by atoms with E-state index in [1.54, 1.807) is 0 Å². The summed E-state index contributed by atoms with van der Waals surface area (Å²) < 4.78 is 11.5. The van der Waals surface area contributed by atoms with Crippen molar-refractivity contribution in [2.45, 2.75) is 70.6 Å². The summed E-state index contributed by atoms with van der Waals surface area (Å²) in [6.07, 6.45) is 0.331. The Morgan fingerprint density at radius 3 is 2.09 bits per heavy atom. The summed E-state index contributed by atoms with van der Waals surface area (Å²) in [5, 5.41) is 12.0. The van der Waals surface area contributed by atoms with E-state index in [4.69, 9.17) is 9.47 Å². The summed E-state index contributed by atoms with van der Waals surface area (Å²) in [5.74, 6) is -0.996. The second kappa shape index (κ2) is 10.2. The minimum absolute atomic E-state index is 0.0359. The number of hydrogen-bond donors (Lipinski definition) is 2. The van der Waals surface area contributed by atoms with Crippen LogP contribution in [0, 0.1) is 0 Å². The molecule has 0 saturated heterocycles. The first-order valence-electron chi connectivity index (χ1n) is 11.1. The molecular formula is C26H33NO5. The third kappa shape index (κ3) is 6.33. The van der Waals surface area contributed by atoms with Gasteiger partial charge in [0.1, 0.15) is 6.61 Å². The van der Waals surface area contributed by atoms with E-state index in [-0.39, 0.29) is 30.7 Å². The lowest BCUT2D eigenvalue weighted by Gasteiger charge is -2.26. The molecule has 1 aliphatic rings. The van der Waals surface area contributed by atoms with E-state index in [0.717, 1.165) is 22.3 Å². The Balaban J connectivity index is 1.59. The second-order valence-corrected chi connectivity index (χ2v) is 9.38. The second-order valence-electron chi connectivity index (χ2n) is 9.38. The highest BCUT2D eigenvalue weighted by Crippen LogP contribution is 2.44. The largest absolute Gasteiger partial charge is 0.481 e. The Kier molecular flexibility index (Phi) is 7.56. The molecule has 0 saturated carbocycles. The van der Waals surface area contributed by atoms with Crippen LogP contribution in [0.2, 0.25) is 0 Å². The maximum atomic E-state index is 12.5. The number of carbonyl (C=O) groups excluding carboxylic acids is 1. The van der Waals surface area contributed by atoms with Gasteiger partial charge in [0.2, 0.25) is 0 Å². The van der Waals surface area contributed by atoms with Gasteiger partial charge >= 0.3 is 12.1 Å². The first kappa shape index (κ1) is 23.8. The lowest BCUT2D eigenvalue weighted by molar-refractivity contribution is -0.137. The fraction of sp³-hybridized carbons (Fsp3) is 0.462. The molecule has 6 nitrogen and oxygen atoms in total. The summed E-state index contributed by atoms with van der Waals surface area (Å²) in [6, 6.07) is 15.8. The molecular weight excluding hydrogens is 406 g/mol. The summed E-state index contributed by atoms with van der Waals surface area (Å²) in [4.78, 5) is 23.8. The number of fused-ring (bicyclic) bond motifs is 3. The molecule has 2 atom stereocenters. The predicted molar refractivity (Wildman–Crippen MR) is 124 cm³/mol. The van der Waals surface area contributed by atoms with Crippen LogP contribution in [0.1, 0.15) is 64.0 Å². The van der Waals surface area contributed by atoms with Gasteiger partial charge in [0.15, 0.2) is 0 Å². The van der Waals surface area contributed by atoms with Gasteiger partial charge in [0.25, 0.3) is 0 Å². The van der Waals surface area contributed by atoms with Gasteiger partial charge in [0, 0.05) is 12.0 Å². The van der Waals surface area contributed by atoms with Gasteiger partial charge in [-0.15, -0.1) is 0 Å². The molecule has 0 aliphatic heterocycles. The molecule has 0 heterocycles. The van der Waals surface area contributed by atoms with Crippen molar-refractivity contribution in [3.05, 3.63) is 59.7 Å². The average molecular weight is 440 g/mol. The Labute approximate surface area is 189 Å². The van der Waals surface area contributed by atoms with Crippen molar-refractivity contribution < 1.29 is 24.2 Å². The quantitative estimate of drug-likeness (QED) is 0.550. The van der Waals surface area contributed by atoms with Crippen LogP contribution in [0.4, 0.5) is 4.79 Å². The third-order valence-corrected chi connectivity index (χ3v) is 5.56. The van der Waals surface area contributed by atoms with Crippen LogP contribution >= 0.6 is 0 Å². The van der Waals surface area contributed by atoms with Crippen LogP contribution in [0.5, 0.6) is 0 Å². The van der Waals surface area contributed by atoms with Gasteiger partial charge in [-0.25, -0.2) is 4.79 Å². The zero-order chi connectivity index (χ0) is 23.3. The van der Waals surface area contributed by atoms with Crippen molar-refractivity contribution in [2.75, 3.05) is 6.61 Å². The van der Waals surface area contributed by atoms with E-state index in [0.29, 0.717) is 12.8 Å². The van der Waals surface area contributed by atoms with Crippen LogP contribution in [0.15, 0.2) is 48.5 Å². The number of hydrogen-bond acceptors (Lipinski definition) is 4. The lowest BCUT2D eigenvalue weighted by Crippen LogP contribution is -2.38. The van der Waals surface area contributed by atoms with Gasteiger partial charge in [-0.05, 0) is 62.8 Å². The topological polar surface area (TPSA) is 84.9 Å². The molecule has 6 heteroatoms. The van der Waals surface area contributed by atoms with Crippen molar-refractivity contribution in [1.29, 1.82) is 0 Å². The van der Waals surface area contributed by atoms with Gasteiger partial charge in [-0.1, -0.05) is 48.5 Å². The first-order chi connectivity index (χ1) is 15.1. The number of benzene rings is 2. The molecule has 0 bridgehead atoms. The van der Waals surface area contributed by atoms with Crippen molar-refractivity contribution in [3.63, 3.8) is 0 Å². The van der Waals surface area contributed by atoms with E-state index < -0.39 is 18.1 Å². The molecule has 0 fully saturated rings. The summed E-state index contributed by atoms with van der Waals surface area (Å²) in [6.45, 7) is 8.09. The number of aliphatic carboxylic acids is 1. The highest BCUT2D eigenvalue weighted by atomic mass is 16.5. The van der Waals surface area contributed by atoms with Gasteiger partial charge < -0.3 is 19.9 Å². The highest BCUT2D eigenvalue weighted by Gasteiger charge is 2.29. The van der Waals surface area contributed by atoms with E-state index >= 15 is 0 Å². The molecule has 2 N–H and O–H groups in total. The number of amides is 1. The van der Waals surface area contributed by atoms with Gasteiger partial charge in [0.05, 0.1) is 18.1 Å². The van der Waals surface area contributed by atoms with Crippen LogP contribution in [0.25, 0.3) is 11.1 Å². The zero-order valence-corrected chi connectivity index (χ0v) is 19.3. The molecule has 2 aromatic rings. The lowest BCUT2D eigenvalue weighted by atomic mass is 9.98. The van der Waals surface area contributed by atoms with Crippen LogP contribution < -0.4 is 5.32 Å². The van der Waals surface area contributed by atoms with Crippen LogP contribution in [-0.2, 0) is 14.3 Å². The molecule has 2 aromatic carbocycles. The number of nitrogens with one attached hydrogen (secondary N) is 1. The van der Waals surface area contributed by atoms with Gasteiger partial charge in [-0.3, -0.25) is 4.79 Å². The fourth-order valence-electron chi connectivity index (χ4n) is 4.34. The van der Waals surface area contributed by atoms with Crippen LogP contribution in [0.3, 0.4) is 0 Å². The number of rotatable bonds is 9. The molecule has 172 valence electrons. The molecule has 32 heavy (non-hydrogen) atoms. The first-order valence-corrected chi connectivity index (χ1v) is 11.1. The van der Waals surface area contributed by atoms with Crippen molar-refractivity contribution in [2.24, 2.45) is 0 Å². The van der Waals surface area contributed by atoms with Gasteiger partial charge in [-0.2, -0.15) is 0 Å². The van der Waals surface area contributed by atoms with E-state index in [2.05, 4.69) is 29.6 Å². The Hall–Kier alpha value is -2.86. The summed E-state index contributed by atoms with van der Waals surface area (Å²) >= 11 is 0. The van der Waals surface area contributed by atoms with Crippen molar-refractivity contribution in [1.82, 2.24) is 5.32 Å². The highest BCUT2D eigenvalue weighted by molar-refractivity contribution is 5.79. The summed E-state index contributed by atoms with van der Waals surface area (Å²) in [7, 11) is 0. The van der Waals surface area contributed by atoms with E-state index in [1.165, 1.54) is 0 Å². The van der Waals surface area contributed by atoms with Crippen molar-refractivity contribution in [3.8, 4) is 11.1 Å². The molecule has 3 rings (SSSR count). The number of carbonyl (C=O) groups is 2. The molecule has 1 amide bonds. The molecule has 0 aromatic heterocycles. The monoisotopic (exact) mass is 439 g/mol. The SMILES string of the molecule is C[C@H](CC[C@@H](CC(=O)O)NC(=O)OCC1c2ccccc2-c2ccccc21)OC(C)(C)C. The predicted octanol–water partition coefficient (Wildman–Crippen LogP) is 5.35. The zero-order valence-electron chi connectivity index (χ0n) is 19.3. The molecule has 0 spiro atoms. The minimum atomic E-state index is -0.960. The number of carboxylic acids is 1. The Bertz CT molecular complexity index is 904. The number of alkyl carbamates (subject to hydrolysis) is 1. The van der Waals surface area contributed by atoms with E-state index in [9.17, 15) is 14.7 Å². The maximum Gasteiger partial charge on any atom is 0.407 e. The Morgan fingerprint density at radius 2 is 1.56 bits per heavy atom. The minimum Gasteiger partial charge on any atom is -0.481 e. The number of ether oxygens (including phenoxy) is 2. The average Bonchev–Trinajstić information content (AvgIpc) is 3.03. The third-order valence-electron chi connectivity index (χ3n) is 5.56. The van der Waals surface area contributed by atoms with E-state index in [1.807, 2.05) is 52.0 Å². The number of carboxylic acid groups (broad SMARTS) is 1. The fourth-order valence-corrected chi connectivity index (χ4v) is 4.34. The molecule has 0 radical (unpaired) electrons. The molecule has 0 unspecified atom stereocenters. The van der Waals surface area contributed by atoms with Crippen molar-refractivity contribution >= 4 is 12.1 Å². The normalized spacial score (nSPS) is 14.9. The summed E-state index contributed by atoms with van der Waals surface area (Å²) in [5.41, 5.74) is 4.32. The molecule has 1 aliphatic carbocycles. The standard InChI is InChI=1S/C26H33NO5/c1-17(32-26(2,3)4)13-14-18(15-24(28)29)27-25(30)31-16-23-21-11-7-5-9-19(21)20-10-6-8-12-22(20)23/h5-12,17-18,23H,13-16H2,1-4H3,(H,27,30)(H,28,29)/t17-,18+/m1/s1. The maximum absolute atomic E-state index is 12.5. The smallest absolute Gasteiger partial charge is 0.407 e. The Morgan fingerprint density at radius 1 is 1.00 bits per heavy atom. The van der Waals surface area contributed by atoms with Crippen LogP contribution in [-0.4, -0.2) is 41.5 Å².